The van der Waals surface area contributed by atoms with Crippen molar-refractivity contribution in [1.82, 2.24) is 10.2 Å². The summed E-state index contributed by atoms with van der Waals surface area (Å²) in [6.45, 7) is 6.87. The molecule has 2 N–H and O–H groups in total. The normalized spacial score (nSPS) is 10.8. The summed E-state index contributed by atoms with van der Waals surface area (Å²) in [5, 5.41) is 6.22. The van der Waals surface area contributed by atoms with Crippen LogP contribution in [0.1, 0.15) is 24.0 Å². The standard InChI is InChI=1S/C16H27N3O/c1-13-6-7-15(12-14(13)2)18-16(20)8-10-17-9-5-11-19(3)4/h6-7,12,17H,5,8-11H2,1-4H3,(H,18,20). The van der Waals surface area contributed by atoms with Crippen molar-refractivity contribution >= 4 is 11.6 Å². The summed E-state index contributed by atoms with van der Waals surface area (Å²) in [5.74, 6) is 0.0633. The second-order valence-electron chi connectivity index (χ2n) is 5.50. The number of anilines is 1. The predicted molar refractivity (Wildman–Crippen MR) is 85.2 cm³/mol. The summed E-state index contributed by atoms with van der Waals surface area (Å²) in [6.07, 6.45) is 1.61. The number of nitrogens with zero attached hydrogens (tertiary/aromatic N) is 1. The molecule has 0 saturated carbocycles. The Labute approximate surface area is 122 Å². The molecule has 0 aromatic heterocycles. The van der Waals surface area contributed by atoms with Crippen LogP contribution in [0.2, 0.25) is 0 Å². The van der Waals surface area contributed by atoms with E-state index in [-0.39, 0.29) is 5.91 Å². The Morgan fingerprint density at radius 2 is 1.90 bits per heavy atom. The van der Waals surface area contributed by atoms with Gasteiger partial charge in [0.15, 0.2) is 0 Å². The Bertz CT molecular complexity index is 430. The first-order valence-electron chi connectivity index (χ1n) is 7.21. The maximum Gasteiger partial charge on any atom is 0.225 e. The summed E-state index contributed by atoms with van der Waals surface area (Å²) in [4.78, 5) is 14.0. The molecule has 112 valence electrons. The average Bonchev–Trinajstić information content (AvgIpc) is 2.38. The molecule has 0 fully saturated rings. The second kappa shape index (κ2) is 8.72. The van der Waals surface area contributed by atoms with Crippen molar-refractivity contribution in [3.05, 3.63) is 29.3 Å². The van der Waals surface area contributed by atoms with Gasteiger partial charge < -0.3 is 15.5 Å². The summed E-state index contributed by atoms with van der Waals surface area (Å²) < 4.78 is 0. The van der Waals surface area contributed by atoms with Gasteiger partial charge in [-0.1, -0.05) is 6.07 Å². The zero-order chi connectivity index (χ0) is 15.0. The first kappa shape index (κ1) is 16.7. The summed E-state index contributed by atoms with van der Waals surface area (Å²) in [7, 11) is 4.13. The fraction of sp³-hybridized carbons (Fsp3) is 0.562. The molecule has 0 aliphatic rings. The minimum Gasteiger partial charge on any atom is -0.326 e. The molecular formula is C16H27N3O. The van der Waals surface area contributed by atoms with Gasteiger partial charge in [0.05, 0.1) is 0 Å². The van der Waals surface area contributed by atoms with Crippen LogP contribution in [0, 0.1) is 13.8 Å². The molecule has 4 heteroatoms. The molecule has 0 aliphatic heterocycles. The fourth-order valence-electron chi connectivity index (χ4n) is 1.89. The van der Waals surface area contributed by atoms with Crippen molar-refractivity contribution < 1.29 is 4.79 Å². The van der Waals surface area contributed by atoms with Crippen molar-refractivity contribution in [3.63, 3.8) is 0 Å². The zero-order valence-electron chi connectivity index (χ0n) is 13.1. The van der Waals surface area contributed by atoms with Gasteiger partial charge in [-0.2, -0.15) is 0 Å². The molecule has 1 amide bonds. The van der Waals surface area contributed by atoms with E-state index in [1.807, 2.05) is 18.2 Å². The molecule has 1 aromatic carbocycles. The van der Waals surface area contributed by atoms with Crippen molar-refractivity contribution in [2.75, 3.05) is 39.0 Å². The number of carbonyl (C=O) groups excluding carboxylic acids is 1. The number of benzene rings is 1. The molecule has 0 atom stereocenters. The van der Waals surface area contributed by atoms with E-state index in [9.17, 15) is 4.79 Å². The predicted octanol–water partition coefficient (Wildman–Crippen LogP) is 2.17. The van der Waals surface area contributed by atoms with Gasteiger partial charge >= 0.3 is 0 Å². The first-order chi connectivity index (χ1) is 9.49. The van der Waals surface area contributed by atoms with E-state index < -0.39 is 0 Å². The largest absolute Gasteiger partial charge is 0.326 e. The van der Waals surface area contributed by atoms with Gasteiger partial charge in [0.25, 0.3) is 0 Å². The number of carbonyl (C=O) groups is 1. The van der Waals surface area contributed by atoms with Crippen LogP contribution in [0.4, 0.5) is 5.69 Å². The Morgan fingerprint density at radius 1 is 1.15 bits per heavy atom. The Kier molecular flexibility index (Phi) is 7.26. The van der Waals surface area contributed by atoms with Gasteiger partial charge in [-0.05, 0) is 70.7 Å². The third kappa shape index (κ3) is 6.68. The van der Waals surface area contributed by atoms with Gasteiger partial charge in [0.1, 0.15) is 0 Å². The fourth-order valence-corrected chi connectivity index (χ4v) is 1.89. The zero-order valence-corrected chi connectivity index (χ0v) is 13.1. The van der Waals surface area contributed by atoms with Gasteiger partial charge in [-0.3, -0.25) is 4.79 Å². The van der Waals surface area contributed by atoms with E-state index in [1.165, 1.54) is 11.1 Å². The number of hydrogen-bond acceptors (Lipinski definition) is 3. The molecule has 4 nitrogen and oxygen atoms in total. The molecular weight excluding hydrogens is 250 g/mol. The SMILES string of the molecule is Cc1ccc(NC(=O)CCNCCCN(C)C)cc1C. The van der Waals surface area contributed by atoms with E-state index in [4.69, 9.17) is 0 Å². The molecule has 20 heavy (non-hydrogen) atoms. The number of aryl methyl sites for hydroxylation is 2. The molecule has 0 heterocycles. The molecule has 0 unspecified atom stereocenters. The average molecular weight is 277 g/mol. The maximum absolute atomic E-state index is 11.8. The van der Waals surface area contributed by atoms with Gasteiger partial charge in [0.2, 0.25) is 5.91 Å². The lowest BCUT2D eigenvalue weighted by Crippen LogP contribution is -2.25. The van der Waals surface area contributed by atoms with Gasteiger partial charge in [-0.25, -0.2) is 0 Å². The lowest BCUT2D eigenvalue weighted by molar-refractivity contribution is -0.116. The number of nitrogens with one attached hydrogen (secondary N) is 2. The molecule has 1 rings (SSSR count). The Hall–Kier alpha value is -1.39. The first-order valence-corrected chi connectivity index (χ1v) is 7.21. The van der Waals surface area contributed by atoms with Crippen LogP contribution in [-0.4, -0.2) is 44.5 Å². The third-order valence-electron chi connectivity index (χ3n) is 3.28. The summed E-state index contributed by atoms with van der Waals surface area (Å²) in [6, 6.07) is 5.99. The lowest BCUT2D eigenvalue weighted by Gasteiger charge is -2.10. The van der Waals surface area contributed by atoms with Crippen LogP contribution < -0.4 is 10.6 Å². The van der Waals surface area contributed by atoms with E-state index >= 15 is 0 Å². The van der Waals surface area contributed by atoms with E-state index in [1.54, 1.807) is 0 Å². The molecule has 1 aromatic rings. The minimum absolute atomic E-state index is 0.0633. The number of amides is 1. The molecule has 0 bridgehead atoms. The number of hydrogen-bond donors (Lipinski definition) is 2. The van der Waals surface area contributed by atoms with Crippen LogP contribution in [0.15, 0.2) is 18.2 Å². The summed E-state index contributed by atoms with van der Waals surface area (Å²) in [5.41, 5.74) is 3.32. The van der Waals surface area contributed by atoms with Crippen LogP contribution in [0.3, 0.4) is 0 Å². The highest BCUT2D eigenvalue weighted by Crippen LogP contribution is 2.14. The van der Waals surface area contributed by atoms with Crippen molar-refractivity contribution in [1.29, 1.82) is 0 Å². The highest BCUT2D eigenvalue weighted by Gasteiger charge is 2.03. The van der Waals surface area contributed by atoms with Crippen LogP contribution in [0.25, 0.3) is 0 Å². The quantitative estimate of drug-likeness (QED) is 0.716. The van der Waals surface area contributed by atoms with Gasteiger partial charge in [0, 0.05) is 18.7 Å². The topological polar surface area (TPSA) is 44.4 Å². The van der Waals surface area contributed by atoms with Crippen molar-refractivity contribution in [3.8, 4) is 0 Å². The van der Waals surface area contributed by atoms with Crippen molar-refractivity contribution in [2.45, 2.75) is 26.7 Å². The monoisotopic (exact) mass is 277 g/mol. The number of rotatable bonds is 8. The highest BCUT2D eigenvalue weighted by molar-refractivity contribution is 5.90. The highest BCUT2D eigenvalue weighted by atomic mass is 16.1. The molecule has 0 spiro atoms. The lowest BCUT2D eigenvalue weighted by atomic mass is 10.1. The van der Waals surface area contributed by atoms with Crippen LogP contribution in [-0.2, 0) is 4.79 Å². The molecule has 0 aliphatic carbocycles. The van der Waals surface area contributed by atoms with E-state index in [0.29, 0.717) is 6.42 Å². The van der Waals surface area contributed by atoms with E-state index in [0.717, 1.165) is 31.7 Å². The van der Waals surface area contributed by atoms with Crippen LogP contribution in [0.5, 0.6) is 0 Å². The molecule has 0 saturated heterocycles. The Balaban J connectivity index is 2.18. The minimum atomic E-state index is 0.0633. The van der Waals surface area contributed by atoms with Gasteiger partial charge in [-0.15, -0.1) is 0 Å². The van der Waals surface area contributed by atoms with Crippen molar-refractivity contribution in [2.24, 2.45) is 0 Å². The van der Waals surface area contributed by atoms with Crippen LogP contribution >= 0.6 is 0 Å². The smallest absolute Gasteiger partial charge is 0.225 e. The maximum atomic E-state index is 11.8. The second-order valence-corrected chi connectivity index (χ2v) is 5.50. The Morgan fingerprint density at radius 3 is 2.55 bits per heavy atom. The summed E-state index contributed by atoms with van der Waals surface area (Å²) >= 11 is 0. The third-order valence-corrected chi connectivity index (χ3v) is 3.28. The van der Waals surface area contributed by atoms with E-state index in [2.05, 4.69) is 43.5 Å². The molecule has 0 radical (unpaired) electrons.